The summed E-state index contributed by atoms with van der Waals surface area (Å²) in [5.41, 5.74) is 2.73. The number of hydrogen-bond donors (Lipinski definition) is 1. The Bertz CT molecular complexity index is 814. The molecule has 4 rings (SSSR count). The number of hydrogen-bond acceptors (Lipinski definition) is 3. The summed E-state index contributed by atoms with van der Waals surface area (Å²) in [5, 5.41) is 3.04. The van der Waals surface area contributed by atoms with Gasteiger partial charge in [-0.05, 0) is 31.0 Å². The van der Waals surface area contributed by atoms with Crippen LogP contribution in [0.4, 0.5) is 5.69 Å². The number of carbonyl (C=O) groups excluding carboxylic acids is 1. The fraction of sp³-hybridized carbons (Fsp3) is 0.316. The van der Waals surface area contributed by atoms with Crippen LogP contribution in [0, 0.1) is 5.92 Å². The van der Waals surface area contributed by atoms with Crippen LogP contribution in [-0.4, -0.2) is 20.3 Å². The summed E-state index contributed by atoms with van der Waals surface area (Å²) in [6.07, 6.45) is 11.2. The molecule has 0 saturated heterocycles. The SMILES string of the molecule is O=C(Nc1ccc(-c2cn3cccnc3n2)cc1)C1CCCCC1. The van der Waals surface area contributed by atoms with Crippen molar-refractivity contribution in [1.82, 2.24) is 14.4 Å². The van der Waals surface area contributed by atoms with Crippen molar-refractivity contribution >= 4 is 17.4 Å². The molecule has 0 aliphatic heterocycles. The number of benzene rings is 1. The molecule has 3 aromatic rings. The van der Waals surface area contributed by atoms with Gasteiger partial charge in [-0.1, -0.05) is 31.4 Å². The lowest BCUT2D eigenvalue weighted by Crippen LogP contribution is -2.24. The first kappa shape index (κ1) is 14.9. The van der Waals surface area contributed by atoms with Gasteiger partial charge in [-0.15, -0.1) is 0 Å². The molecule has 1 N–H and O–H groups in total. The third kappa shape index (κ3) is 3.02. The number of anilines is 1. The van der Waals surface area contributed by atoms with Crippen molar-refractivity contribution in [2.24, 2.45) is 5.92 Å². The number of amides is 1. The van der Waals surface area contributed by atoms with Gasteiger partial charge in [0.25, 0.3) is 0 Å². The van der Waals surface area contributed by atoms with E-state index in [9.17, 15) is 4.79 Å². The van der Waals surface area contributed by atoms with Crippen LogP contribution in [0.1, 0.15) is 32.1 Å². The molecule has 2 aromatic heterocycles. The second kappa shape index (κ2) is 6.43. The van der Waals surface area contributed by atoms with E-state index >= 15 is 0 Å². The molecule has 1 fully saturated rings. The maximum atomic E-state index is 12.3. The van der Waals surface area contributed by atoms with Crippen molar-refractivity contribution in [3.05, 3.63) is 48.9 Å². The van der Waals surface area contributed by atoms with Crippen LogP contribution in [0.3, 0.4) is 0 Å². The fourth-order valence-electron chi connectivity index (χ4n) is 3.30. The van der Waals surface area contributed by atoms with Crippen molar-refractivity contribution in [3.8, 4) is 11.3 Å². The Morgan fingerprint density at radius 3 is 2.67 bits per heavy atom. The molecular weight excluding hydrogens is 300 g/mol. The van der Waals surface area contributed by atoms with E-state index in [1.165, 1.54) is 19.3 Å². The number of aromatic nitrogens is 3. The number of nitrogens with one attached hydrogen (secondary N) is 1. The third-order valence-corrected chi connectivity index (χ3v) is 4.66. The topological polar surface area (TPSA) is 59.3 Å². The molecule has 2 heterocycles. The molecule has 1 aliphatic carbocycles. The Morgan fingerprint density at radius 1 is 1.12 bits per heavy atom. The van der Waals surface area contributed by atoms with Gasteiger partial charge in [0.05, 0.1) is 5.69 Å². The van der Waals surface area contributed by atoms with Crippen LogP contribution < -0.4 is 5.32 Å². The van der Waals surface area contributed by atoms with Gasteiger partial charge in [0.1, 0.15) is 0 Å². The van der Waals surface area contributed by atoms with Gasteiger partial charge in [-0.3, -0.25) is 9.20 Å². The average molecular weight is 320 g/mol. The minimum Gasteiger partial charge on any atom is -0.326 e. The van der Waals surface area contributed by atoms with Crippen molar-refractivity contribution in [1.29, 1.82) is 0 Å². The van der Waals surface area contributed by atoms with E-state index in [0.29, 0.717) is 5.78 Å². The first-order valence-corrected chi connectivity index (χ1v) is 8.51. The Kier molecular flexibility index (Phi) is 3.99. The summed E-state index contributed by atoms with van der Waals surface area (Å²) >= 11 is 0. The number of fused-ring (bicyclic) bond motifs is 1. The van der Waals surface area contributed by atoms with Crippen LogP contribution >= 0.6 is 0 Å². The molecule has 1 aliphatic rings. The molecule has 0 spiro atoms. The highest BCUT2D eigenvalue weighted by atomic mass is 16.1. The van der Waals surface area contributed by atoms with E-state index in [2.05, 4.69) is 15.3 Å². The number of nitrogens with zero attached hydrogens (tertiary/aromatic N) is 3. The lowest BCUT2D eigenvalue weighted by molar-refractivity contribution is -0.120. The maximum Gasteiger partial charge on any atom is 0.234 e. The zero-order valence-corrected chi connectivity index (χ0v) is 13.5. The van der Waals surface area contributed by atoms with Crippen LogP contribution in [-0.2, 0) is 4.79 Å². The van der Waals surface area contributed by atoms with Gasteiger partial charge >= 0.3 is 0 Å². The summed E-state index contributed by atoms with van der Waals surface area (Å²) < 4.78 is 1.90. The van der Waals surface area contributed by atoms with Gasteiger partial charge in [0.2, 0.25) is 11.7 Å². The first-order valence-electron chi connectivity index (χ1n) is 8.51. The van der Waals surface area contributed by atoms with E-state index in [1.807, 2.05) is 47.1 Å². The quantitative estimate of drug-likeness (QED) is 0.796. The minimum atomic E-state index is 0.152. The zero-order valence-electron chi connectivity index (χ0n) is 13.5. The lowest BCUT2D eigenvalue weighted by Gasteiger charge is -2.20. The molecule has 1 saturated carbocycles. The lowest BCUT2D eigenvalue weighted by atomic mass is 9.88. The Hall–Kier alpha value is -2.69. The standard InChI is InChI=1S/C19H20N4O/c24-18(15-5-2-1-3-6-15)21-16-9-7-14(8-10-16)17-13-23-12-4-11-20-19(23)22-17/h4,7-13,15H,1-3,5-6H2,(H,21,24). The molecular formula is C19H20N4O. The first-order chi connectivity index (χ1) is 11.8. The van der Waals surface area contributed by atoms with Crippen LogP contribution in [0.25, 0.3) is 17.0 Å². The van der Waals surface area contributed by atoms with E-state index in [4.69, 9.17) is 0 Å². The highest BCUT2D eigenvalue weighted by molar-refractivity contribution is 5.92. The van der Waals surface area contributed by atoms with E-state index in [0.717, 1.165) is 29.8 Å². The third-order valence-electron chi connectivity index (χ3n) is 4.66. The molecule has 0 unspecified atom stereocenters. The van der Waals surface area contributed by atoms with Crippen LogP contribution in [0.2, 0.25) is 0 Å². The van der Waals surface area contributed by atoms with Crippen molar-refractivity contribution in [2.45, 2.75) is 32.1 Å². The van der Waals surface area contributed by atoms with E-state index in [1.54, 1.807) is 6.20 Å². The second-order valence-electron chi connectivity index (χ2n) is 6.35. The Labute approximate surface area is 140 Å². The fourth-order valence-corrected chi connectivity index (χ4v) is 3.30. The largest absolute Gasteiger partial charge is 0.326 e. The average Bonchev–Trinajstić information content (AvgIpc) is 3.07. The van der Waals surface area contributed by atoms with Crippen molar-refractivity contribution < 1.29 is 4.79 Å². The highest BCUT2D eigenvalue weighted by Crippen LogP contribution is 2.26. The normalized spacial score (nSPS) is 15.5. The van der Waals surface area contributed by atoms with E-state index < -0.39 is 0 Å². The van der Waals surface area contributed by atoms with Crippen molar-refractivity contribution in [2.75, 3.05) is 5.32 Å². The smallest absolute Gasteiger partial charge is 0.234 e. The molecule has 0 bridgehead atoms. The number of imidazole rings is 1. The summed E-state index contributed by atoms with van der Waals surface area (Å²) in [5.74, 6) is 1.00. The molecule has 0 atom stereocenters. The van der Waals surface area contributed by atoms with Crippen LogP contribution in [0.15, 0.2) is 48.9 Å². The maximum absolute atomic E-state index is 12.3. The predicted octanol–water partition coefficient (Wildman–Crippen LogP) is 3.92. The molecule has 5 heteroatoms. The summed E-state index contributed by atoms with van der Waals surface area (Å²) in [6.45, 7) is 0. The van der Waals surface area contributed by atoms with Gasteiger partial charge < -0.3 is 5.32 Å². The van der Waals surface area contributed by atoms with Gasteiger partial charge in [0, 0.05) is 35.8 Å². The summed E-state index contributed by atoms with van der Waals surface area (Å²) in [7, 11) is 0. The highest BCUT2D eigenvalue weighted by Gasteiger charge is 2.20. The van der Waals surface area contributed by atoms with Gasteiger partial charge in [-0.2, -0.15) is 0 Å². The predicted molar refractivity (Wildman–Crippen MR) is 93.6 cm³/mol. The monoisotopic (exact) mass is 320 g/mol. The molecule has 24 heavy (non-hydrogen) atoms. The van der Waals surface area contributed by atoms with Gasteiger partial charge in [0.15, 0.2) is 0 Å². The summed E-state index contributed by atoms with van der Waals surface area (Å²) in [6, 6.07) is 9.72. The molecule has 1 amide bonds. The Balaban J connectivity index is 1.48. The van der Waals surface area contributed by atoms with E-state index in [-0.39, 0.29) is 11.8 Å². The minimum absolute atomic E-state index is 0.152. The van der Waals surface area contributed by atoms with Gasteiger partial charge in [-0.25, -0.2) is 9.97 Å². The van der Waals surface area contributed by atoms with Crippen molar-refractivity contribution in [3.63, 3.8) is 0 Å². The van der Waals surface area contributed by atoms with Crippen LogP contribution in [0.5, 0.6) is 0 Å². The molecule has 1 aromatic carbocycles. The second-order valence-corrected chi connectivity index (χ2v) is 6.35. The molecule has 122 valence electrons. The summed E-state index contributed by atoms with van der Waals surface area (Å²) in [4.78, 5) is 21.0. The zero-order chi connectivity index (χ0) is 16.4. The number of rotatable bonds is 3. The molecule has 0 radical (unpaired) electrons. The number of carbonyl (C=O) groups is 1. The molecule has 5 nitrogen and oxygen atoms in total. The Morgan fingerprint density at radius 2 is 1.92 bits per heavy atom.